The van der Waals surface area contributed by atoms with Crippen LogP contribution < -0.4 is 15.4 Å². The van der Waals surface area contributed by atoms with Crippen LogP contribution in [0.2, 0.25) is 0 Å². The Hall–Kier alpha value is -4.51. The zero-order chi connectivity index (χ0) is 29.4. The number of nitrogens with zero attached hydrogens (tertiary/aromatic N) is 2. The third kappa shape index (κ3) is 7.79. The molecule has 0 atom stereocenters. The predicted molar refractivity (Wildman–Crippen MR) is 150 cm³/mol. The van der Waals surface area contributed by atoms with E-state index < -0.39 is 18.5 Å². The summed E-state index contributed by atoms with van der Waals surface area (Å²) in [5.74, 6) is -0.631. The van der Waals surface area contributed by atoms with Crippen LogP contribution in [0.1, 0.15) is 28.8 Å². The van der Waals surface area contributed by atoms with Crippen molar-refractivity contribution in [3.63, 3.8) is 0 Å². The van der Waals surface area contributed by atoms with Crippen LogP contribution in [0.25, 0.3) is 22.0 Å². The van der Waals surface area contributed by atoms with Gasteiger partial charge >= 0.3 is 6.18 Å². The Bertz CT molecular complexity index is 1560. The van der Waals surface area contributed by atoms with E-state index in [0.717, 1.165) is 0 Å². The first-order valence-electron chi connectivity index (χ1n) is 12.9. The van der Waals surface area contributed by atoms with Crippen LogP contribution in [0, 0.1) is 12.9 Å². The molecule has 3 N–H and O–H groups in total. The largest absolute Gasteiger partial charge is 0.476 e. The van der Waals surface area contributed by atoms with E-state index in [1.165, 1.54) is 12.1 Å². The lowest BCUT2D eigenvalue weighted by Gasteiger charge is -2.20. The highest BCUT2D eigenvalue weighted by Gasteiger charge is 2.32. The number of H-pyrrole nitrogens is 1. The van der Waals surface area contributed by atoms with E-state index >= 15 is 0 Å². The first-order chi connectivity index (χ1) is 19.7. The minimum Gasteiger partial charge on any atom is -0.476 e. The fraction of sp³-hybridized carbons (Fsp3) is 0.233. The van der Waals surface area contributed by atoms with Crippen molar-refractivity contribution in [3.05, 3.63) is 101 Å². The van der Waals surface area contributed by atoms with Gasteiger partial charge in [0.2, 0.25) is 17.7 Å². The number of allylic oxidation sites excluding steroid dienone is 1. The fourth-order valence-corrected chi connectivity index (χ4v) is 4.35. The Morgan fingerprint density at radius 1 is 1.07 bits per heavy atom. The van der Waals surface area contributed by atoms with E-state index in [1.807, 2.05) is 0 Å². The normalized spacial score (nSPS) is 12.5. The van der Waals surface area contributed by atoms with E-state index in [9.17, 15) is 22.4 Å². The molecular weight excluding hydrogens is 538 g/mol. The number of fused-ring (bicyclic) bond motifs is 1. The summed E-state index contributed by atoms with van der Waals surface area (Å²) >= 11 is 0. The number of alkyl halides is 3. The van der Waals surface area contributed by atoms with E-state index in [1.54, 1.807) is 74.6 Å². The molecule has 0 bridgehead atoms. The molecule has 4 rings (SSSR count). The Morgan fingerprint density at radius 2 is 1.85 bits per heavy atom. The van der Waals surface area contributed by atoms with Crippen LogP contribution in [-0.2, 0) is 4.79 Å². The molecule has 11 heteroatoms. The molecule has 0 saturated heterocycles. The summed E-state index contributed by atoms with van der Waals surface area (Å²) < 4.78 is 62.0. The number of halogens is 4. The van der Waals surface area contributed by atoms with E-state index in [2.05, 4.69) is 25.8 Å². The van der Waals surface area contributed by atoms with Gasteiger partial charge in [-0.25, -0.2) is 4.98 Å². The first kappa shape index (κ1) is 29.5. The molecule has 2 aromatic carbocycles. The number of hydrogen-bond acceptors (Lipinski definition) is 5. The van der Waals surface area contributed by atoms with Gasteiger partial charge in [-0.1, -0.05) is 42.5 Å². The van der Waals surface area contributed by atoms with Gasteiger partial charge < -0.3 is 15.4 Å². The van der Waals surface area contributed by atoms with Gasteiger partial charge in [-0.15, -0.1) is 5.10 Å². The van der Waals surface area contributed by atoms with Crippen LogP contribution >= 0.6 is 0 Å². The average Bonchev–Trinajstić information content (AvgIpc) is 3.32. The molecule has 0 aliphatic carbocycles. The van der Waals surface area contributed by atoms with Gasteiger partial charge in [0.15, 0.2) is 0 Å². The molecule has 7 nitrogen and oxygen atoms in total. The number of carbonyl (C=O) groups excluding carboxylic acids is 1. The summed E-state index contributed by atoms with van der Waals surface area (Å²) in [4.78, 5) is 15.7. The van der Waals surface area contributed by atoms with E-state index in [4.69, 9.17) is 4.74 Å². The number of aromatic nitrogens is 3. The maximum atomic E-state index is 14.4. The lowest BCUT2D eigenvalue weighted by Crippen LogP contribution is -2.22. The number of aryl methyl sites for hydroxylation is 1. The third-order valence-electron chi connectivity index (χ3n) is 6.24. The minimum absolute atomic E-state index is 0.0360. The van der Waals surface area contributed by atoms with E-state index in [-0.39, 0.29) is 29.0 Å². The van der Waals surface area contributed by atoms with Crippen LogP contribution in [0.4, 0.5) is 17.6 Å². The molecule has 0 unspecified atom stereocenters. The third-order valence-corrected chi connectivity index (χ3v) is 6.24. The number of benzene rings is 2. The molecule has 0 spiro atoms. The van der Waals surface area contributed by atoms with E-state index in [0.29, 0.717) is 46.9 Å². The summed E-state index contributed by atoms with van der Waals surface area (Å²) in [6, 6.07) is 16.3. The molecule has 1 amide bonds. The SMILES string of the molecule is CNC(=O)/C=C/CNCCOc1ccc(/C(=C(/CC(F)(F)F)c2ccccc2)c2ccc3[nH]nc(F)c3c2)c(C)n1. The van der Waals surface area contributed by atoms with Gasteiger partial charge in [0.25, 0.3) is 0 Å². The second-order valence-electron chi connectivity index (χ2n) is 9.14. The van der Waals surface area contributed by atoms with Crippen molar-refractivity contribution in [3.8, 4) is 5.88 Å². The topological polar surface area (TPSA) is 91.9 Å². The molecule has 41 heavy (non-hydrogen) atoms. The van der Waals surface area contributed by atoms with Gasteiger partial charge in [0.05, 0.1) is 17.3 Å². The summed E-state index contributed by atoms with van der Waals surface area (Å²) in [5, 5.41) is 11.9. The molecule has 2 heterocycles. The van der Waals surface area contributed by atoms with Crippen molar-refractivity contribution in [2.45, 2.75) is 19.5 Å². The summed E-state index contributed by atoms with van der Waals surface area (Å²) in [6.07, 6.45) is -2.60. The predicted octanol–water partition coefficient (Wildman–Crippen LogP) is 5.59. The van der Waals surface area contributed by atoms with Gasteiger partial charge in [-0.05, 0) is 47.4 Å². The second kappa shape index (κ2) is 13.2. The number of hydrogen-bond donors (Lipinski definition) is 3. The number of ether oxygens (including phenoxy) is 1. The zero-order valence-electron chi connectivity index (χ0n) is 22.5. The number of likely N-dealkylation sites (N-methyl/N-ethyl adjacent to an activating group) is 1. The monoisotopic (exact) mass is 567 g/mol. The quantitative estimate of drug-likeness (QED) is 0.0952. The summed E-state index contributed by atoms with van der Waals surface area (Å²) in [6.45, 7) is 2.92. The minimum atomic E-state index is -4.51. The van der Waals surface area contributed by atoms with Crippen LogP contribution in [0.5, 0.6) is 5.88 Å². The van der Waals surface area contributed by atoms with Crippen LogP contribution in [-0.4, -0.2) is 54.0 Å². The molecular formula is C30H29F4N5O2. The van der Waals surface area contributed by atoms with Gasteiger partial charge in [-0.2, -0.15) is 17.6 Å². The highest BCUT2D eigenvalue weighted by Crippen LogP contribution is 2.41. The summed E-state index contributed by atoms with van der Waals surface area (Å²) in [7, 11) is 1.55. The molecule has 0 fully saturated rings. The molecule has 2 aromatic heterocycles. The Morgan fingerprint density at radius 3 is 2.56 bits per heavy atom. The average molecular weight is 568 g/mol. The number of rotatable bonds is 11. The number of pyridine rings is 1. The zero-order valence-corrected chi connectivity index (χ0v) is 22.5. The molecule has 0 aliphatic rings. The highest BCUT2D eigenvalue weighted by molar-refractivity contribution is 6.01. The van der Waals surface area contributed by atoms with Gasteiger partial charge in [0.1, 0.15) is 6.61 Å². The lowest BCUT2D eigenvalue weighted by molar-refractivity contribution is -0.123. The molecule has 214 valence electrons. The Balaban J connectivity index is 1.69. The van der Waals surface area contributed by atoms with Crippen molar-refractivity contribution in [2.24, 2.45) is 0 Å². The first-order valence-corrected chi connectivity index (χ1v) is 12.9. The molecule has 0 radical (unpaired) electrons. The molecule has 0 aliphatic heterocycles. The van der Waals surface area contributed by atoms with Gasteiger partial charge in [0, 0.05) is 43.5 Å². The van der Waals surface area contributed by atoms with Crippen molar-refractivity contribution < 1.29 is 27.1 Å². The second-order valence-corrected chi connectivity index (χ2v) is 9.14. The van der Waals surface area contributed by atoms with Crippen molar-refractivity contribution in [1.29, 1.82) is 0 Å². The fourth-order valence-electron chi connectivity index (χ4n) is 4.35. The number of nitrogens with one attached hydrogen (secondary N) is 3. The Kier molecular flexibility index (Phi) is 9.51. The van der Waals surface area contributed by atoms with Gasteiger partial charge in [-0.3, -0.25) is 9.89 Å². The lowest BCUT2D eigenvalue weighted by atomic mass is 9.87. The number of aromatic amines is 1. The molecule has 4 aromatic rings. The number of carbonyl (C=O) groups is 1. The van der Waals surface area contributed by atoms with Crippen molar-refractivity contribution in [2.75, 3.05) is 26.7 Å². The molecule has 0 saturated carbocycles. The maximum absolute atomic E-state index is 14.4. The number of amides is 1. The van der Waals surface area contributed by atoms with Crippen LogP contribution in [0.15, 0.2) is 72.8 Å². The smallest absolute Gasteiger partial charge is 0.393 e. The summed E-state index contributed by atoms with van der Waals surface area (Å²) in [5.41, 5.74) is 2.45. The van der Waals surface area contributed by atoms with Crippen LogP contribution in [0.3, 0.4) is 0 Å². The van der Waals surface area contributed by atoms with Crippen molar-refractivity contribution >= 4 is 28.0 Å². The standard InChI is InChI=1S/C30H29F4N5O2/c1-19-22(11-13-27(37-19)41-16-15-36-14-6-9-26(40)35-2)28(21-10-12-25-23(17-21)29(31)39-38-25)24(18-30(32,33)34)20-7-4-3-5-8-20/h3-13,17,36H,14-16,18H2,1-2H3,(H,35,40)(H,38,39)/b9-6+,28-24-. The highest BCUT2D eigenvalue weighted by atomic mass is 19.4. The Labute approximate surface area is 234 Å². The van der Waals surface area contributed by atoms with Crippen molar-refractivity contribution in [1.82, 2.24) is 25.8 Å². The maximum Gasteiger partial charge on any atom is 0.393 e.